The number of esters is 1. The van der Waals surface area contributed by atoms with Crippen LogP contribution in [0.1, 0.15) is 23.7 Å². The van der Waals surface area contributed by atoms with E-state index in [1.54, 1.807) is 55.5 Å². The van der Waals surface area contributed by atoms with Crippen molar-refractivity contribution in [3.8, 4) is 5.75 Å². The summed E-state index contributed by atoms with van der Waals surface area (Å²) in [6.45, 7) is 4.06. The van der Waals surface area contributed by atoms with Gasteiger partial charge in [-0.3, -0.25) is 4.79 Å². The van der Waals surface area contributed by atoms with E-state index < -0.39 is 10.0 Å². The molecule has 176 valence electrons. The molecule has 2 aromatic heterocycles. The first-order chi connectivity index (χ1) is 16.3. The SMILES string of the molecule is CCOC(=O)Cc1ccccc1OCc1cc(Br)c2ccn(S(=O)(=O)c3ccc(C)cc3)c2n1. The average Bonchev–Trinajstić information content (AvgIpc) is 3.24. The number of para-hydroxylation sites is 1. The number of carbonyl (C=O) groups excluding carboxylic acids is 1. The first kappa shape index (κ1) is 24.0. The molecule has 2 aromatic carbocycles. The second kappa shape index (κ2) is 9.99. The summed E-state index contributed by atoms with van der Waals surface area (Å²) in [7, 11) is -3.82. The Bertz CT molecular complexity index is 1450. The van der Waals surface area contributed by atoms with Crippen LogP contribution in [0, 0.1) is 6.92 Å². The van der Waals surface area contributed by atoms with Crippen LogP contribution in [0.3, 0.4) is 0 Å². The van der Waals surface area contributed by atoms with Crippen molar-refractivity contribution in [1.82, 2.24) is 8.96 Å². The summed E-state index contributed by atoms with van der Waals surface area (Å²) in [5.74, 6) is 0.205. The fraction of sp³-hybridized carbons (Fsp3) is 0.200. The van der Waals surface area contributed by atoms with E-state index in [0.717, 1.165) is 5.56 Å². The van der Waals surface area contributed by atoms with E-state index in [0.29, 0.717) is 39.1 Å². The average molecular weight is 543 g/mol. The van der Waals surface area contributed by atoms with Gasteiger partial charge in [-0.2, -0.15) is 0 Å². The van der Waals surface area contributed by atoms with Gasteiger partial charge in [0.2, 0.25) is 0 Å². The van der Waals surface area contributed by atoms with Gasteiger partial charge in [0.1, 0.15) is 12.4 Å². The molecule has 0 spiro atoms. The maximum absolute atomic E-state index is 13.3. The summed E-state index contributed by atoms with van der Waals surface area (Å²) in [6, 6.07) is 17.4. The van der Waals surface area contributed by atoms with Gasteiger partial charge in [-0.05, 0) is 60.1 Å². The first-order valence-corrected chi connectivity index (χ1v) is 12.9. The van der Waals surface area contributed by atoms with Gasteiger partial charge in [0, 0.05) is 21.6 Å². The van der Waals surface area contributed by atoms with Crippen LogP contribution in [0.5, 0.6) is 5.75 Å². The molecule has 0 fully saturated rings. The van der Waals surface area contributed by atoms with E-state index in [4.69, 9.17) is 9.47 Å². The van der Waals surface area contributed by atoms with Gasteiger partial charge in [0.25, 0.3) is 10.0 Å². The predicted octanol–water partition coefficient (Wildman–Crippen LogP) is 5.03. The molecule has 0 atom stereocenters. The summed E-state index contributed by atoms with van der Waals surface area (Å²) < 4.78 is 39.4. The molecule has 0 aliphatic rings. The van der Waals surface area contributed by atoms with E-state index in [-0.39, 0.29) is 23.9 Å². The van der Waals surface area contributed by atoms with Crippen molar-refractivity contribution in [2.75, 3.05) is 6.61 Å². The summed E-state index contributed by atoms with van der Waals surface area (Å²) >= 11 is 3.52. The molecule has 0 radical (unpaired) electrons. The van der Waals surface area contributed by atoms with E-state index >= 15 is 0 Å². The number of aromatic nitrogens is 2. The zero-order chi connectivity index (χ0) is 24.3. The van der Waals surface area contributed by atoms with Crippen LogP contribution in [0.25, 0.3) is 11.0 Å². The fourth-order valence-electron chi connectivity index (χ4n) is 3.50. The molecule has 4 rings (SSSR count). The summed E-state index contributed by atoms with van der Waals surface area (Å²) in [5.41, 5.74) is 2.50. The third-order valence-electron chi connectivity index (χ3n) is 5.19. The lowest BCUT2D eigenvalue weighted by Crippen LogP contribution is -2.13. The summed E-state index contributed by atoms with van der Waals surface area (Å²) in [4.78, 5) is 16.7. The van der Waals surface area contributed by atoms with E-state index in [2.05, 4.69) is 20.9 Å². The molecule has 0 saturated heterocycles. The number of nitrogens with zero attached hydrogens (tertiary/aromatic N) is 2. The van der Waals surface area contributed by atoms with E-state index in [1.165, 1.54) is 10.2 Å². The Kier molecular flexibility index (Phi) is 7.04. The van der Waals surface area contributed by atoms with Crippen LogP contribution in [0.4, 0.5) is 0 Å². The number of benzene rings is 2. The molecule has 0 aliphatic heterocycles. The molecule has 4 aromatic rings. The quantitative estimate of drug-likeness (QED) is 0.290. The molecule has 34 heavy (non-hydrogen) atoms. The van der Waals surface area contributed by atoms with Gasteiger partial charge in [-0.15, -0.1) is 0 Å². The zero-order valence-electron chi connectivity index (χ0n) is 18.7. The van der Waals surface area contributed by atoms with E-state index in [1.807, 2.05) is 19.1 Å². The minimum absolute atomic E-state index is 0.0874. The Labute approximate surface area is 206 Å². The van der Waals surface area contributed by atoms with Gasteiger partial charge in [0.05, 0.1) is 23.6 Å². The molecule has 7 nitrogen and oxygen atoms in total. The molecular formula is C25H23BrN2O5S. The predicted molar refractivity (Wildman–Crippen MR) is 132 cm³/mol. The highest BCUT2D eigenvalue weighted by Crippen LogP contribution is 2.28. The van der Waals surface area contributed by atoms with E-state index in [9.17, 15) is 13.2 Å². The Morgan fingerprint density at radius 2 is 1.82 bits per heavy atom. The largest absolute Gasteiger partial charge is 0.487 e. The standard InChI is InChI=1S/C25H23BrN2O5S/c1-3-32-24(29)14-18-6-4-5-7-23(18)33-16-19-15-22(26)21-12-13-28(25(21)27-19)34(30,31)20-10-8-17(2)9-11-20/h4-13,15H,3,14,16H2,1-2H3. The van der Waals surface area contributed by atoms with Crippen LogP contribution in [-0.2, 0) is 32.6 Å². The highest BCUT2D eigenvalue weighted by Gasteiger charge is 2.21. The molecule has 2 heterocycles. The van der Waals surface area contributed by atoms with Crippen LogP contribution in [0.2, 0.25) is 0 Å². The van der Waals surface area contributed by atoms with Crippen molar-refractivity contribution in [2.45, 2.75) is 31.8 Å². The highest BCUT2D eigenvalue weighted by atomic mass is 79.9. The number of hydrogen-bond acceptors (Lipinski definition) is 6. The third kappa shape index (κ3) is 5.00. The molecule has 0 bridgehead atoms. The molecule has 0 aliphatic carbocycles. The molecule has 0 N–H and O–H groups in total. The summed E-state index contributed by atoms with van der Waals surface area (Å²) in [6.07, 6.45) is 1.59. The highest BCUT2D eigenvalue weighted by molar-refractivity contribution is 9.10. The maximum atomic E-state index is 13.3. The zero-order valence-corrected chi connectivity index (χ0v) is 21.1. The van der Waals surface area contributed by atoms with Crippen molar-refractivity contribution in [3.63, 3.8) is 0 Å². The number of aryl methyl sites for hydroxylation is 1. The lowest BCUT2D eigenvalue weighted by atomic mass is 10.1. The van der Waals surface area contributed by atoms with Gasteiger partial charge in [0.15, 0.2) is 5.65 Å². The second-order valence-electron chi connectivity index (χ2n) is 7.64. The number of rotatable bonds is 8. The second-order valence-corrected chi connectivity index (χ2v) is 10.3. The van der Waals surface area contributed by atoms with Crippen molar-refractivity contribution < 1.29 is 22.7 Å². The molecular weight excluding hydrogens is 520 g/mol. The van der Waals surface area contributed by atoms with Gasteiger partial charge in [-0.1, -0.05) is 35.9 Å². The van der Waals surface area contributed by atoms with Crippen molar-refractivity contribution >= 4 is 43.0 Å². The van der Waals surface area contributed by atoms with Crippen LogP contribution in [0.15, 0.2) is 76.2 Å². The number of pyridine rings is 1. The van der Waals surface area contributed by atoms with Gasteiger partial charge < -0.3 is 9.47 Å². The van der Waals surface area contributed by atoms with Crippen LogP contribution in [-0.4, -0.2) is 30.0 Å². The number of carbonyl (C=O) groups is 1. The Balaban J connectivity index is 1.64. The van der Waals surface area contributed by atoms with Gasteiger partial charge in [-0.25, -0.2) is 17.4 Å². The first-order valence-electron chi connectivity index (χ1n) is 10.6. The number of halogens is 1. The monoisotopic (exact) mass is 542 g/mol. The number of fused-ring (bicyclic) bond motifs is 1. The molecule has 0 amide bonds. The Hall–Kier alpha value is -3.17. The molecule has 0 saturated carbocycles. The fourth-order valence-corrected chi connectivity index (χ4v) is 5.36. The smallest absolute Gasteiger partial charge is 0.310 e. The van der Waals surface area contributed by atoms with Crippen molar-refractivity contribution in [1.29, 1.82) is 0 Å². The molecule has 9 heteroatoms. The lowest BCUT2D eigenvalue weighted by molar-refractivity contribution is -0.142. The Morgan fingerprint density at radius 3 is 2.56 bits per heavy atom. The third-order valence-corrected chi connectivity index (χ3v) is 7.53. The maximum Gasteiger partial charge on any atom is 0.310 e. The van der Waals surface area contributed by atoms with Crippen molar-refractivity contribution in [3.05, 3.63) is 88.2 Å². The van der Waals surface area contributed by atoms with Gasteiger partial charge >= 0.3 is 5.97 Å². The van der Waals surface area contributed by atoms with Crippen LogP contribution >= 0.6 is 15.9 Å². The lowest BCUT2D eigenvalue weighted by Gasteiger charge is -2.12. The topological polar surface area (TPSA) is 87.5 Å². The minimum Gasteiger partial charge on any atom is -0.487 e. The normalized spacial score (nSPS) is 11.5. The number of ether oxygens (including phenoxy) is 2. The summed E-state index contributed by atoms with van der Waals surface area (Å²) in [5, 5.41) is 0.669. The molecule has 0 unspecified atom stereocenters. The van der Waals surface area contributed by atoms with Crippen molar-refractivity contribution in [2.24, 2.45) is 0 Å². The Morgan fingerprint density at radius 1 is 1.09 bits per heavy atom. The minimum atomic E-state index is -3.82. The van der Waals surface area contributed by atoms with Crippen LogP contribution < -0.4 is 4.74 Å². The number of hydrogen-bond donors (Lipinski definition) is 0.